The summed E-state index contributed by atoms with van der Waals surface area (Å²) < 4.78 is 0. The molecule has 19 heavy (non-hydrogen) atoms. The zero-order chi connectivity index (χ0) is 13.7. The van der Waals surface area contributed by atoms with Gasteiger partial charge in [-0.3, -0.25) is 0 Å². The van der Waals surface area contributed by atoms with Crippen molar-refractivity contribution in [3.05, 3.63) is 11.9 Å². The Labute approximate surface area is 115 Å². The van der Waals surface area contributed by atoms with E-state index in [1.807, 2.05) is 0 Å². The van der Waals surface area contributed by atoms with Gasteiger partial charge in [0.25, 0.3) is 0 Å². The summed E-state index contributed by atoms with van der Waals surface area (Å²) in [6.45, 7) is 4.44. The SMILES string of the molecule is CCCc1c(NN)ncnc1NC1(C)CCCCC1. The largest absolute Gasteiger partial charge is 0.365 e. The molecule has 5 heteroatoms. The van der Waals surface area contributed by atoms with Crippen molar-refractivity contribution in [2.24, 2.45) is 5.84 Å². The zero-order valence-corrected chi connectivity index (χ0v) is 12.0. The van der Waals surface area contributed by atoms with Crippen molar-refractivity contribution in [2.45, 2.75) is 64.3 Å². The molecule has 1 aromatic rings. The van der Waals surface area contributed by atoms with E-state index >= 15 is 0 Å². The van der Waals surface area contributed by atoms with Crippen LogP contribution in [0.5, 0.6) is 0 Å². The van der Waals surface area contributed by atoms with Gasteiger partial charge in [-0.15, -0.1) is 0 Å². The highest BCUT2D eigenvalue weighted by molar-refractivity contribution is 5.57. The molecule has 0 spiro atoms. The predicted molar refractivity (Wildman–Crippen MR) is 78.9 cm³/mol. The zero-order valence-electron chi connectivity index (χ0n) is 12.0. The van der Waals surface area contributed by atoms with Gasteiger partial charge < -0.3 is 10.7 Å². The highest BCUT2D eigenvalue weighted by atomic mass is 15.3. The van der Waals surface area contributed by atoms with Crippen LogP contribution in [0, 0.1) is 0 Å². The smallest absolute Gasteiger partial charge is 0.148 e. The van der Waals surface area contributed by atoms with E-state index in [0.29, 0.717) is 0 Å². The first-order valence-electron chi connectivity index (χ1n) is 7.27. The van der Waals surface area contributed by atoms with Crippen LogP contribution >= 0.6 is 0 Å². The molecule has 0 aromatic carbocycles. The topological polar surface area (TPSA) is 75.9 Å². The van der Waals surface area contributed by atoms with Gasteiger partial charge in [-0.05, 0) is 26.2 Å². The van der Waals surface area contributed by atoms with Crippen LogP contribution in [0.1, 0.15) is 57.9 Å². The second kappa shape index (κ2) is 6.19. The quantitative estimate of drug-likeness (QED) is 0.562. The minimum atomic E-state index is 0.154. The van der Waals surface area contributed by atoms with Crippen LogP contribution in [0.25, 0.3) is 0 Å². The first-order chi connectivity index (χ1) is 9.18. The van der Waals surface area contributed by atoms with E-state index in [-0.39, 0.29) is 5.54 Å². The Morgan fingerprint density at radius 2 is 1.89 bits per heavy atom. The fourth-order valence-electron chi connectivity index (χ4n) is 2.87. The second-order valence-electron chi connectivity index (χ2n) is 5.69. The van der Waals surface area contributed by atoms with Gasteiger partial charge >= 0.3 is 0 Å². The van der Waals surface area contributed by atoms with E-state index in [0.717, 1.165) is 30.0 Å². The number of nitrogen functional groups attached to an aromatic ring is 1. The minimum Gasteiger partial charge on any atom is -0.365 e. The standard InChI is InChI=1S/C14H25N5/c1-3-7-11-12(16-10-17-13(11)19-15)18-14(2)8-5-4-6-9-14/h10H,3-9,15H2,1-2H3,(H2,16,17,18,19). The molecule has 1 aliphatic rings. The van der Waals surface area contributed by atoms with Gasteiger partial charge in [0.15, 0.2) is 0 Å². The molecule has 0 atom stereocenters. The molecule has 1 heterocycles. The van der Waals surface area contributed by atoms with Gasteiger partial charge in [0.2, 0.25) is 0 Å². The predicted octanol–water partition coefficient (Wildman–Crippen LogP) is 2.85. The number of aromatic nitrogens is 2. The van der Waals surface area contributed by atoms with Gasteiger partial charge in [0.05, 0.1) is 0 Å². The summed E-state index contributed by atoms with van der Waals surface area (Å²) in [6, 6.07) is 0. The van der Waals surface area contributed by atoms with Crippen LogP contribution in [-0.2, 0) is 6.42 Å². The Hall–Kier alpha value is -1.36. The minimum absolute atomic E-state index is 0.154. The number of hydrazine groups is 1. The van der Waals surface area contributed by atoms with Crippen molar-refractivity contribution in [3.8, 4) is 0 Å². The Morgan fingerprint density at radius 1 is 1.21 bits per heavy atom. The number of anilines is 2. The molecule has 0 amide bonds. The molecule has 4 N–H and O–H groups in total. The van der Waals surface area contributed by atoms with Gasteiger partial charge in [-0.25, -0.2) is 15.8 Å². The van der Waals surface area contributed by atoms with Gasteiger partial charge in [-0.2, -0.15) is 0 Å². The second-order valence-corrected chi connectivity index (χ2v) is 5.69. The third-order valence-corrected chi connectivity index (χ3v) is 3.96. The maximum atomic E-state index is 5.55. The van der Waals surface area contributed by atoms with E-state index in [1.165, 1.54) is 32.1 Å². The molecule has 1 aromatic heterocycles. The summed E-state index contributed by atoms with van der Waals surface area (Å²) in [5.41, 5.74) is 3.93. The molecule has 0 radical (unpaired) electrons. The highest BCUT2D eigenvalue weighted by Gasteiger charge is 2.28. The molecule has 0 saturated heterocycles. The third kappa shape index (κ3) is 3.35. The lowest BCUT2D eigenvalue weighted by atomic mass is 9.83. The normalized spacial score (nSPS) is 18.1. The molecule has 1 saturated carbocycles. The van der Waals surface area contributed by atoms with Gasteiger partial charge in [-0.1, -0.05) is 32.6 Å². The summed E-state index contributed by atoms with van der Waals surface area (Å²) >= 11 is 0. The number of nitrogens with two attached hydrogens (primary N) is 1. The van der Waals surface area contributed by atoms with Crippen LogP contribution in [0.2, 0.25) is 0 Å². The molecule has 5 nitrogen and oxygen atoms in total. The van der Waals surface area contributed by atoms with E-state index in [4.69, 9.17) is 5.84 Å². The number of hydrogen-bond donors (Lipinski definition) is 3. The first-order valence-corrected chi connectivity index (χ1v) is 7.27. The van der Waals surface area contributed by atoms with Crippen LogP contribution in [0.4, 0.5) is 11.6 Å². The molecule has 0 aliphatic heterocycles. The summed E-state index contributed by atoms with van der Waals surface area (Å²) in [5.74, 6) is 7.22. The van der Waals surface area contributed by atoms with E-state index in [2.05, 4.69) is 34.6 Å². The number of rotatable bonds is 5. The van der Waals surface area contributed by atoms with Gasteiger partial charge in [0, 0.05) is 11.1 Å². The van der Waals surface area contributed by atoms with Crippen molar-refractivity contribution in [2.75, 3.05) is 10.7 Å². The molecule has 106 valence electrons. The Balaban J connectivity index is 2.23. The summed E-state index contributed by atoms with van der Waals surface area (Å²) in [6.07, 6.45) is 9.88. The molecule has 1 fully saturated rings. The van der Waals surface area contributed by atoms with Crippen LogP contribution in [0.3, 0.4) is 0 Å². The fraction of sp³-hybridized carbons (Fsp3) is 0.714. The molecular formula is C14H25N5. The fourth-order valence-corrected chi connectivity index (χ4v) is 2.87. The van der Waals surface area contributed by atoms with Crippen molar-refractivity contribution in [3.63, 3.8) is 0 Å². The Kier molecular flexibility index (Phi) is 4.58. The lowest BCUT2D eigenvalue weighted by Gasteiger charge is -2.35. The average Bonchev–Trinajstić information content (AvgIpc) is 2.41. The molecule has 0 bridgehead atoms. The molecule has 1 aliphatic carbocycles. The summed E-state index contributed by atoms with van der Waals surface area (Å²) in [5, 5.41) is 3.64. The number of nitrogens with zero attached hydrogens (tertiary/aromatic N) is 2. The monoisotopic (exact) mass is 263 g/mol. The lowest BCUT2D eigenvalue weighted by Crippen LogP contribution is -2.37. The first kappa shape index (κ1) is 14.1. The van der Waals surface area contributed by atoms with E-state index < -0.39 is 0 Å². The molecule has 2 rings (SSSR count). The molecular weight excluding hydrogens is 238 g/mol. The Bertz CT molecular complexity index is 412. The maximum Gasteiger partial charge on any atom is 0.148 e. The summed E-state index contributed by atoms with van der Waals surface area (Å²) in [7, 11) is 0. The van der Waals surface area contributed by atoms with Crippen molar-refractivity contribution >= 4 is 11.6 Å². The van der Waals surface area contributed by atoms with Gasteiger partial charge in [0.1, 0.15) is 18.0 Å². The lowest BCUT2D eigenvalue weighted by molar-refractivity contribution is 0.348. The summed E-state index contributed by atoms with van der Waals surface area (Å²) in [4.78, 5) is 8.63. The van der Waals surface area contributed by atoms with Crippen molar-refractivity contribution in [1.29, 1.82) is 0 Å². The number of hydrogen-bond acceptors (Lipinski definition) is 5. The van der Waals surface area contributed by atoms with E-state index in [9.17, 15) is 0 Å². The average molecular weight is 263 g/mol. The van der Waals surface area contributed by atoms with Crippen LogP contribution in [-0.4, -0.2) is 15.5 Å². The number of nitrogens with one attached hydrogen (secondary N) is 2. The third-order valence-electron chi connectivity index (χ3n) is 3.96. The van der Waals surface area contributed by atoms with Crippen LogP contribution in [0.15, 0.2) is 6.33 Å². The maximum absolute atomic E-state index is 5.55. The molecule has 0 unspecified atom stereocenters. The highest BCUT2D eigenvalue weighted by Crippen LogP contribution is 2.32. The van der Waals surface area contributed by atoms with Crippen molar-refractivity contribution < 1.29 is 0 Å². The van der Waals surface area contributed by atoms with E-state index in [1.54, 1.807) is 6.33 Å². The Morgan fingerprint density at radius 3 is 2.53 bits per heavy atom. The van der Waals surface area contributed by atoms with Crippen molar-refractivity contribution in [1.82, 2.24) is 9.97 Å². The van der Waals surface area contributed by atoms with Crippen LogP contribution < -0.4 is 16.6 Å².